The predicted molar refractivity (Wildman–Crippen MR) is 108 cm³/mol. The molecule has 26 heavy (non-hydrogen) atoms. The minimum absolute atomic E-state index is 0.729. The van der Waals surface area contributed by atoms with Crippen molar-refractivity contribution in [2.75, 3.05) is 10.6 Å². The zero-order valence-corrected chi connectivity index (χ0v) is 16.2. The van der Waals surface area contributed by atoms with Crippen molar-refractivity contribution < 1.29 is 19.8 Å². The van der Waals surface area contributed by atoms with Crippen molar-refractivity contribution in [3.8, 4) is 0 Å². The molecule has 2 unspecified atom stereocenters. The molecule has 0 aromatic heterocycles. The van der Waals surface area contributed by atoms with Crippen molar-refractivity contribution in [1.29, 1.82) is 0 Å². The van der Waals surface area contributed by atoms with Crippen LogP contribution in [0.5, 0.6) is 0 Å². The maximum atomic E-state index is 12.0. The van der Waals surface area contributed by atoms with E-state index >= 15 is 0 Å². The number of hydrogen-bond donors (Lipinski definition) is 4. The van der Waals surface area contributed by atoms with Crippen molar-refractivity contribution in [3.05, 3.63) is 48.5 Å². The van der Waals surface area contributed by atoms with Gasteiger partial charge in [-0.25, -0.2) is 9.59 Å². The summed E-state index contributed by atoms with van der Waals surface area (Å²) in [5.74, 6) is -2.12. The van der Waals surface area contributed by atoms with Crippen LogP contribution in [0.4, 0.5) is 11.4 Å². The van der Waals surface area contributed by atoms with Gasteiger partial charge in [-0.15, -0.1) is 0 Å². The number of nitrogens with one attached hydrogen (secondary N) is 2. The number of rotatable bonds is 5. The molecule has 4 N–H and O–H groups in total. The largest absolute Gasteiger partial charge is 0.478 e. The van der Waals surface area contributed by atoms with Gasteiger partial charge in [-0.2, -0.15) is 0 Å². The summed E-state index contributed by atoms with van der Waals surface area (Å²) in [4.78, 5) is 25.6. The first-order chi connectivity index (χ1) is 12.4. The monoisotopic (exact) mass is 424 g/mol. The lowest BCUT2D eigenvalue weighted by molar-refractivity contribution is -0.137. The zero-order chi connectivity index (χ0) is 18.4. The number of fused-ring (bicyclic) bond motifs is 2. The number of carboxylic acids is 2. The van der Waals surface area contributed by atoms with Crippen molar-refractivity contribution in [3.63, 3.8) is 0 Å². The lowest BCUT2D eigenvalue weighted by atomic mass is 10.3. The normalized spacial score (nSPS) is 25.7. The predicted octanol–water partition coefficient (Wildman–Crippen LogP) is 4.28. The number of carboxylic acid groups (broad SMARTS) is 2. The highest BCUT2D eigenvalue weighted by atomic mass is 33.1. The topological polar surface area (TPSA) is 98.7 Å². The van der Waals surface area contributed by atoms with Gasteiger partial charge in [0.2, 0.25) is 8.41 Å². The Hall–Kier alpha value is -1.62. The summed E-state index contributed by atoms with van der Waals surface area (Å²) in [7, 11) is 1.99. The van der Waals surface area contributed by atoms with Crippen molar-refractivity contribution >= 4 is 68.4 Å². The average Bonchev–Trinajstić information content (AvgIpc) is 3.19. The number of benzene rings is 2. The molecule has 0 aliphatic carbocycles. The summed E-state index contributed by atoms with van der Waals surface area (Å²) in [6.45, 7) is 0. The third-order valence-electron chi connectivity index (χ3n) is 3.72. The lowest BCUT2D eigenvalue weighted by Gasteiger charge is -2.28. The van der Waals surface area contributed by atoms with Crippen LogP contribution in [-0.2, 0) is 9.59 Å². The Morgan fingerprint density at radius 3 is 1.50 bits per heavy atom. The molecule has 0 fully saturated rings. The minimum Gasteiger partial charge on any atom is -0.478 e. The molecule has 0 radical (unpaired) electrons. The van der Waals surface area contributed by atoms with Gasteiger partial charge in [-0.05, 0) is 45.9 Å². The van der Waals surface area contributed by atoms with E-state index in [1.165, 1.54) is 23.5 Å². The number of anilines is 2. The third-order valence-corrected chi connectivity index (χ3v) is 10.5. The highest BCUT2D eigenvalue weighted by Gasteiger charge is 2.53. The maximum Gasteiger partial charge on any atom is 0.352 e. The van der Waals surface area contributed by atoms with E-state index in [4.69, 9.17) is 0 Å². The van der Waals surface area contributed by atoms with Crippen molar-refractivity contribution in [1.82, 2.24) is 0 Å². The molecular weight excluding hydrogens is 412 g/mol. The summed E-state index contributed by atoms with van der Waals surface area (Å²) in [6, 6.07) is 14.6. The molecule has 0 saturated carbocycles. The van der Waals surface area contributed by atoms with E-state index < -0.39 is 20.3 Å². The standard InChI is InChI=1S/C16H12N2O4S4/c19-13(20)15(17-9-5-1-3-7-11(9)23-15)25-26-16(14(21)22)18-10-6-2-4-8-12(10)24-16/h1-8,17-18H,(H,19,20)(H,21,22). The molecule has 2 atom stereocenters. The van der Waals surface area contributed by atoms with Crippen LogP contribution < -0.4 is 10.6 Å². The SMILES string of the molecule is O=C(O)C1(SSC2(C(=O)O)Nc3ccccc3S2)Nc2ccccc2S1. The van der Waals surface area contributed by atoms with Gasteiger partial charge >= 0.3 is 11.9 Å². The smallest absolute Gasteiger partial charge is 0.352 e. The van der Waals surface area contributed by atoms with Crippen LogP contribution in [0.3, 0.4) is 0 Å². The van der Waals surface area contributed by atoms with Gasteiger partial charge in [0.15, 0.2) is 0 Å². The van der Waals surface area contributed by atoms with Gasteiger partial charge < -0.3 is 20.8 Å². The first-order valence-corrected chi connectivity index (χ1v) is 11.2. The van der Waals surface area contributed by atoms with Crippen LogP contribution in [0.15, 0.2) is 58.3 Å². The minimum atomic E-state index is -1.40. The quantitative estimate of drug-likeness (QED) is 0.521. The van der Waals surface area contributed by atoms with Gasteiger partial charge in [-0.1, -0.05) is 47.8 Å². The van der Waals surface area contributed by atoms with Crippen LogP contribution >= 0.6 is 45.1 Å². The summed E-state index contributed by atoms with van der Waals surface area (Å²) in [5, 5.41) is 25.7. The lowest BCUT2D eigenvalue weighted by Crippen LogP contribution is -2.40. The Balaban J connectivity index is 1.58. The zero-order valence-electron chi connectivity index (χ0n) is 13.0. The van der Waals surface area contributed by atoms with Crippen LogP contribution in [-0.4, -0.2) is 30.6 Å². The van der Waals surface area contributed by atoms with Crippen LogP contribution in [0.25, 0.3) is 0 Å². The molecule has 2 aromatic carbocycles. The number of thioether (sulfide) groups is 2. The molecule has 2 heterocycles. The van der Waals surface area contributed by atoms with Gasteiger partial charge in [0, 0.05) is 9.79 Å². The summed E-state index contributed by atoms with van der Waals surface area (Å²) >= 11 is 2.34. The van der Waals surface area contributed by atoms with E-state index in [0.29, 0.717) is 0 Å². The first-order valence-electron chi connectivity index (χ1n) is 7.40. The maximum absolute atomic E-state index is 12.0. The van der Waals surface area contributed by atoms with Crippen molar-refractivity contribution in [2.24, 2.45) is 0 Å². The second-order valence-electron chi connectivity index (χ2n) is 5.46. The van der Waals surface area contributed by atoms with E-state index in [1.54, 1.807) is 0 Å². The summed E-state index contributed by atoms with van der Waals surface area (Å²) < 4.78 is -2.79. The van der Waals surface area contributed by atoms with Gasteiger partial charge in [0.25, 0.3) is 0 Å². The Kier molecular flexibility index (Phi) is 4.46. The van der Waals surface area contributed by atoms with E-state index in [-0.39, 0.29) is 0 Å². The van der Waals surface area contributed by atoms with Gasteiger partial charge in [0.1, 0.15) is 0 Å². The van der Waals surface area contributed by atoms with E-state index in [0.717, 1.165) is 42.8 Å². The molecule has 0 amide bonds. The first kappa shape index (κ1) is 17.8. The molecule has 0 spiro atoms. The van der Waals surface area contributed by atoms with Crippen LogP contribution in [0, 0.1) is 0 Å². The molecule has 10 heteroatoms. The van der Waals surface area contributed by atoms with Gasteiger partial charge in [-0.3, -0.25) is 0 Å². The molecule has 4 rings (SSSR count). The Morgan fingerprint density at radius 1 is 0.769 bits per heavy atom. The highest BCUT2D eigenvalue weighted by molar-refractivity contribution is 8.81. The molecule has 134 valence electrons. The molecule has 2 aromatic rings. The van der Waals surface area contributed by atoms with E-state index in [1.807, 2.05) is 48.5 Å². The Morgan fingerprint density at radius 2 is 1.15 bits per heavy atom. The molecule has 0 bridgehead atoms. The fourth-order valence-electron chi connectivity index (χ4n) is 2.49. The van der Waals surface area contributed by atoms with Gasteiger partial charge in [0.05, 0.1) is 11.4 Å². The number of carbonyl (C=O) groups is 2. The Labute approximate surface area is 165 Å². The average molecular weight is 425 g/mol. The summed E-state index contributed by atoms with van der Waals surface area (Å²) in [6.07, 6.45) is 0. The van der Waals surface area contributed by atoms with E-state index in [9.17, 15) is 19.8 Å². The second kappa shape index (κ2) is 6.52. The fraction of sp³-hybridized carbons (Fsp3) is 0.125. The highest BCUT2D eigenvalue weighted by Crippen LogP contribution is 2.61. The molecule has 2 aliphatic heterocycles. The molecule has 2 aliphatic rings. The molecule has 6 nitrogen and oxygen atoms in total. The molecular formula is C16H12N2O4S4. The van der Waals surface area contributed by atoms with Crippen LogP contribution in [0.2, 0.25) is 0 Å². The Bertz CT molecular complexity index is 784. The summed E-state index contributed by atoms with van der Waals surface area (Å²) in [5.41, 5.74) is 1.46. The van der Waals surface area contributed by atoms with E-state index in [2.05, 4.69) is 10.6 Å². The molecule has 0 saturated heterocycles. The van der Waals surface area contributed by atoms with Crippen molar-refractivity contribution in [2.45, 2.75) is 18.2 Å². The fourth-order valence-corrected chi connectivity index (χ4v) is 8.46. The van der Waals surface area contributed by atoms with Crippen LogP contribution in [0.1, 0.15) is 0 Å². The third kappa shape index (κ3) is 2.90. The second-order valence-corrected chi connectivity index (χ2v) is 11.0. The number of aliphatic carboxylic acids is 2. The number of para-hydroxylation sites is 2. The number of hydrogen-bond acceptors (Lipinski definition) is 8.